The molecule has 1 heterocycles. The predicted molar refractivity (Wildman–Crippen MR) is 77.7 cm³/mol. The van der Waals surface area contributed by atoms with E-state index in [4.69, 9.17) is 5.73 Å². The van der Waals surface area contributed by atoms with E-state index in [2.05, 4.69) is 10.3 Å². The Labute approximate surface area is 121 Å². The van der Waals surface area contributed by atoms with E-state index in [1.165, 1.54) is 0 Å². The van der Waals surface area contributed by atoms with Crippen molar-refractivity contribution >= 4 is 17.4 Å². The van der Waals surface area contributed by atoms with Crippen LogP contribution in [-0.2, 0) is 6.54 Å². The zero-order valence-electron chi connectivity index (χ0n) is 11.4. The quantitative estimate of drug-likeness (QED) is 0.657. The molecule has 1 aromatic carbocycles. The molecule has 0 aliphatic heterocycles. The van der Waals surface area contributed by atoms with Gasteiger partial charge in [-0.05, 0) is 12.5 Å². The Hall–Kier alpha value is -2.96. The van der Waals surface area contributed by atoms with Crippen LogP contribution < -0.4 is 11.1 Å². The van der Waals surface area contributed by atoms with Gasteiger partial charge < -0.3 is 11.1 Å². The minimum absolute atomic E-state index is 0.00291. The summed E-state index contributed by atoms with van der Waals surface area (Å²) in [6.07, 6.45) is 1.02. The second kappa shape index (κ2) is 6.00. The van der Waals surface area contributed by atoms with Gasteiger partial charge in [0.15, 0.2) is 0 Å². The molecule has 2 aromatic rings. The van der Waals surface area contributed by atoms with Gasteiger partial charge in [0.25, 0.3) is 11.6 Å². The molecule has 7 heteroatoms. The average molecular weight is 286 g/mol. The number of nitrogens with one attached hydrogen (secondary N) is 1. The van der Waals surface area contributed by atoms with E-state index in [1.807, 2.05) is 31.2 Å². The number of nitrogen functional groups attached to an aromatic ring is 1. The van der Waals surface area contributed by atoms with Crippen molar-refractivity contribution in [3.8, 4) is 0 Å². The van der Waals surface area contributed by atoms with Crippen LogP contribution in [0.1, 0.15) is 21.5 Å². The van der Waals surface area contributed by atoms with Gasteiger partial charge in [0.1, 0.15) is 12.0 Å². The number of carbonyl (C=O) groups excluding carboxylic acids is 1. The molecule has 1 amide bonds. The molecule has 0 spiro atoms. The first-order chi connectivity index (χ1) is 9.97. The van der Waals surface area contributed by atoms with Crippen LogP contribution in [-0.4, -0.2) is 15.8 Å². The number of anilines is 1. The summed E-state index contributed by atoms with van der Waals surface area (Å²) in [5, 5.41) is 13.4. The average Bonchev–Trinajstić information content (AvgIpc) is 2.45. The minimum Gasteiger partial charge on any atom is -0.383 e. The van der Waals surface area contributed by atoms with Gasteiger partial charge in [-0.25, -0.2) is 4.98 Å². The Bertz CT molecular complexity index is 700. The number of hydrogen-bond donors (Lipinski definition) is 2. The number of nitrogens with two attached hydrogens (primary N) is 1. The smallest absolute Gasteiger partial charge is 0.288 e. The van der Waals surface area contributed by atoms with E-state index in [1.54, 1.807) is 0 Å². The number of pyridine rings is 1. The molecule has 3 N–H and O–H groups in total. The number of amides is 1. The van der Waals surface area contributed by atoms with Gasteiger partial charge in [-0.3, -0.25) is 14.9 Å². The third kappa shape index (κ3) is 3.53. The van der Waals surface area contributed by atoms with E-state index < -0.39 is 10.8 Å². The lowest BCUT2D eigenvalue weighted by Gasteiger charge is -2.07. The highest BCUT2D eigenvalue weighted by Crippen LogP contribution is 2.16. The monoisotopic (exact) mass is 286 g/mol. The molecule has 0 fully saturated rings. The minimum atomic E-state index is -0.621. The van der Waals surface area contributed by atoms with Crippen molar-refractivity contribution in [1.29, 1.82) is 0 Å². The summed E-state index contributed by atoms with van der Waals surface area (Å²) in [4.78, 5) is 25.8. The summed E-state index contributed by atoms with van der Waals surface area (Å²) in [7, 11) is 0. The number of carbonyl (C=O) groups is 1. The Morgan fingerprint density at radius 1 is 1.43 bits per heavy atom. The largest absolute Gasteiger partial charge is 0.383 e. The van der Waals surface area contributed by atoms with Crippen molar-refractivity contribution in [2.45, 2.75) is 13.5 Å². The molecule has 108 valence electrons. The van der Waals surface area contributed by atoms with Crippen molar-refractivity contribution < 1.29 is 9.72 Å². The van der Waals surface area contributed by atoms with E-state index in [-0.39, 0.29) is 17.1 Å². The first-order valence-corrected chi connectivity index (χ1v) is 6.21. The van der Waals surface area contributed by atoms with Crippen LogP contribution in [0.5, 0.6) is 0 Å². The summed E-state index contributed by atoms with van der Waals surface area (Å²) >= 11 is 0. The standard InChI is InChI=1S/C14H14N4O3/c1-9-3-2-4-10(5-9)7-17-14(19)12-6-11(18(20)21)8-16-13(12)15/h2-6,8H,7H2,1H3,(H2,15,16)(H,17,19). The number of nitro groups is 1. The third-order valence-corrected chi connectivity index (χ3v) is 2.90. The van der Waals surface area contributed by atoms with Crippen LogP contribution in [0.2, 0.25) is 0 Å². The van der Waals surface area contributed by atoms with Crippen LogP contribution in [0, 0.1) is 17.0 Å². The number of rotatable bonds is 4. The zero-order valence-corrected chi connectivity index (χ0v) is 11.4. The van der Waals surface area contributed by atoms with Crippen molar-refractivity contribution in [2.75, 3.05) is 5.73 Å². The second-order valence-electron chi connectivity index (χ2n) is 4.56. The predicted octanol–water partition coefficient (Wildman–Crippen LogP) is 1.81. The van der Waals surface area contributed by atoms with Gasteiger partial charge in [-0.15, -0.1) is 0 Å². The fourth-order valence-electron chi connectivity index (χ4n) is 1.85. The maximum absolute atomic E-state index is 12.0. The Balaban J connectivity index is 2.13. The highest BCUT2D eigenvalue weighted by molar-refractivity contribution is 5.98. The molecule has 0 aliphatic carbocycles. The van der Waals surface area contributed by atoms with Crippen LogP contribution in [0.3, 0.4) is 0 Å². The van der Waals surface area contributed by atoms with Crippen LogP contribution in [0.15, 0.2) is 36.5 Å². The van der Waals surface area contributed by atoms with E-state index in [0.29, 0.717) is 6.54 Å². The first kappa shape index (κ1) is 14.4. The van der Waals surface area contributed by atoms with E-state index in [0.717, 1.165) is 23.4 Å². The maximum Gasteiger partial charge on any atom is 0.288 e. The van der Waals surface area contributed by atoms with Crippen LogP contribution in [0.4, 0.5) is 11.5 Å². The van der Waals surface area contributed by atoms with Crippen LogP contribution in [0.25, 0.3) is 0 Å². The fraction of sp³-hybridized carbons (Fsp3) is 0.143. The Morgan fingerprint density at radius 3 is 2.86 bits per heavy atom. The van der Waals surface area contributed by atoms with Gasteiger partial charge >= 0.3 is 0 Å². The molecule has 0 bridgehead atoms. The lowest BCUT2D eigenvalue weighted by molar-refractivity contribution is -0.385. The summed E-state index contributed by atoms with van der Waals surface area (Å²) in [5.41, 5.74) is 7.33. The molecule has 0 saturated heterocycles. The lowest BCUT2D eigenvalue weighted by atomic mass is 10.1. The van der Waals surface area contributed by atoms with Gasteiger partial charge in [-0.1, -0.05) is 29.8 Å². The Morgan fingerprint density at radius 2 is 2.19 bits per heavy atom. The molecule has 2 rings (SSSR count). The number of nitrogens with zero attached hydrogens (tertiary/aromatic N) is 2. The maximum atomic E-state index is 12.0. The molecule has 7 nitrogen and oxygen atoms in total. The van der Waals surface area contributed by atoms with Crippen LogP contribution >= 0.6 is 0 Å². The second-order valence-corrected chi connectivity index (χ2v) is 4.56. The third-order valence-electron chi connectivity index (χ3n) is 2.90. The Kier molecular flexibility index (Phi) is 4.13. The number of hydrogen-bond acceptors (Lipinski definition) is 5. The van der Waals surface area contributed by atoms with E-state index >= 15 is 0 Å². The van der Waals surface area contributed by atoms with Gasteiger partial charge in [0.05, 0.1) is 10.5 Å². The fourth-order valence-corrected chi connectivity index (χ4v) is 1.85. The topological polar surface area (TPSA) is 111 Å². The summed E-state index contributed by atoms with van der Waals surface area (Å²) in [6.45, 7) is 2.26. The summed E-state index contributed by atoms with van der Waals surface area (Å²) in [6, 6.07) is 8.78. The molecule has 0 radical (unpaired) electrons. The molecular formula is C14H14N4O3. The summed E-state index contributed by atoms with van der Waals surface area (Å²) in [5.74, 6) is -0.535. The molecule has 0 saturated carbocycles. The number of benzene rings is 1. The highest BCUT2D eigenvalue weighted by atomic mass is 16.6. The number of aryl methyl sites for hydroxylation is 1. The molecule has 21 heavy (non-hydrogen) atoms. The van der Waals surface area contributed by atoms with Crippen molar-refractivity contribution in [3.05, 3.63) is 63.3 Å². The van der Waals surface area contributed by atoms with Gasteiger partial charge in [0, 0.05) is 12.6 Å². The molecule has 0 unspecified atom stereocenters. The SMILES string of the molecule is Cc1cccc(CNC(=O)c2cc([N+](=O)[O-])cnc2N)c1. The lowest BCUT2D eigenvalue weighted by Crippen LogP contribution is -2.24. The number of aromatic nitrogens is 1. The molecular weight excluding hydrogens is 272 g/mol. The van der Waals surface area contributed by atoms with Crippen molar-refractivity contribution in [1.82, 2.24) is 10.3 Å². The van der Waals surface area contributed by atoms with Crippen molar-refractivity contribution in [2.24, 2.45) is 0 Å². The van der Waals surface area contributed by atoms with Crippen molar-refractivity contribution in [3.63, 3.8) is 0 Å². The van der Waals surface area contributed by atoms with Gasteiger partial charge in [-0.2, -0.15) is 0 Å². The highest BCUT2D eigenvalue weighted by Gasteiger charge is 2.16. The normalized spacial score (nSPS) is 10.1. The van der Waals surface area contributed by atoms with E-state index in [9.17, 15) is 14.9 Å². The molecule has 1 aromatic heterocycles. The van der Waals surface area contributed by atoms with Gasteiger partial charge in [0.2, 0.25) is 0 Å². The summed E-state index contributed by atoms with van der Waals surface area (Å²) < 4.78 is 0. The molecule has 0 atom stereocenters. The molecule has 0 aliphatic rings. The first-order valence-electron chi connectivity index (χ1n) is 6.21. The zero-order chi connectivity index (χ0) is 15.4.